The van der Waals surface area contributed by atoms with Gasteiger partial charge in [0, 0.05) is 57.6 Å². The molecule has 9 heteroatoms. The van der Waals surface area contributed by atoms with Crippen LogP contribution in [0.1, 0.15) is 42.0 Å². The van der Waals surface area contributed by atoms with Gasteiger partial charge in [0.15, 0.2) is 0 Å². The Morgan fingerprint density at radius 2 is 1.92 bits per heavy atom. The van der Waals surface area contributed by atoms with Crippen LogP contribution in [0.15, 0.2) is 60.1 Å². The van der Waals surface area contributed by atoms with E-state index in [0.29, 0.717) is 12.8 Å². The summed E-state index contributed by atoms with van der Waals surface area (Å²) < 4.78 is 0. The summed E-state index contributed by atoms with van der Waals surface area (Å²) in [5, 5.41) is 6.84. The van der Waals surface area contributed by atoms with Crippen molar-refractivity contribution in [3.8, 4) is 0 Å². The van der Waals surface area contributed by atoms with Gasteiger partial charge in [0.25, 0.3) is 0 Å². The molecule has 1 aromatic carbocycles. The molecule has 0 aliphatic carbocycles. The topological polar surface area (TPSA) is 79.3 Å². The van der Waals surface area contributed by atoms with Crippen LogP contribution in [0.25, 0.3) is 0 Å². The second-order valence-corrected chi connectivity index (χ2v) is 10.1. The zero-order valence-electron chi connectivity index (χ0n) is 21.0. The van der Waals surface area contributed by atoms with Crippen LogP contribution in [-0.4, -0.2) is 69.9 Å². The number of rotatable bonds is 5. The highest BCUT2D eigenvalue weighted by atomic mass is 16.2. The molecule has 3 unspecified atom stereocenters. The SMILES string of the molecule is Cc1ccc(C2CC3C4NN=C(CCC(=O)N5CCN(c6ccccn6)CC5)N4C=CN3N2)cc1C. The summed E-state index contributed by atoms with van der Waals surface area (Å²) in [4.78, 5) is 23.8. The molecule has 9 nitrogen and oxygen atoms in total. The Bertz CT molecular complexity index is 1170. The van der Waals surface area contributed by atoms with Crippen LogP contribution in [0.5, 0.6) is 0 Å². The number of nitrogens with one attached hydrogen (secondary N) is 2. The minimum atomic E-state index is 0.0751. The third-order valence-electron chi connectivity index (χ3n) is 7.92. The number of hydrazone groups is 1. The highest BCUT2D eigenvalue weighted by molar-refractivity contribution is 5.89. The lowest BCUT2D eigenvalue weighted by molar-refractivity contribution is -0.131. The van der Waals surface area contributed by atoms with E-state index >= 15 is 0 Å². The van der Waals surface area contributed by atoms with Crippen molar-refractivity contribution in [3.63, 3.8) is 0 Å². The lowest BCUT2D eigenvalue weighted by Gasteiger charge is -2.37. The number of aromatic nitrogens is 1. The van der Waals surface area contributed by atoms with Crippen molar-refractivity contribution in [2.45, 2.75) is 51.4 Å². The quantitative estimate of drug-likeness (QED) is 0.672. The number of hydrogen-bond acceptors (Lipinski definition) is 8. The molecule has 1 amide bonds. The van der Waals surface area contributed by atoms with E-state index in [0.717, 1.165) is 44.3 Å². The van der Waals surface area contributed by atoms with Crippen LogP contribution >= 0.6 is 0 Å². The molecule has 3 atom stereocenters. The number of amidine groups is 1. The third-order valence-corrected chi connectivity index (χ3v) is 7.92. The Kier molecular flexibility index (Phi) is 6.00. The number of amides is 1. The molecule has 5 heterocycles. The zero-order chi connectivity index (χ0) is 24.6. The molecule has 2 fully saturated rings. The molecule has 188 valence electrons. The maximum absolute atomic E-state index is 13.0. The van der Waals surface area contributed by atoms with Gasteiger partial charge in [-0.1, -0.05) is 24.3 Å². The van der Waals surface area contributed by atoms with Crippen LogP contribution in [0, 0.1) is 13.8 Å². The summed E-state index contributed by atoms with van der Waals surface area (Å²) in [5.74, 6) is 2.11. The number of fused-ring (bicyclic) bond motifs is 3. The highest BCUT2D eigenvalue weighted by Gasteiger charge is 2.44. The molecule has 4 aliphatic rings. The van der Waals surface area contributed by atoms with Crippen LogP contribution in [0.3, 0.4) is 0 Å². The van der Waals surface area contributed by atoms with E-state index < -0.39 is 0 Å². The van der Waals surface area contributed by atoms with E-state index in [1.54, 1.807) is 0 Å². The maximum atomic E-state index is 13.0. The zero-order valence-corrected chi connectivity index (χ0v) is 21.0. The predicted octanol–water partition coefficient (Wildman–Crippen LogP) is 2.48. The standard InChI is InChI=1S/C27H34N8O/c1-19-6-7-21(17-20(19)2)22-18-23-27-30-29-25(34(27)15-16-35(23)31-22)8-9-26(36)33-13-11-32(12-14-33)24-5-3-4-10-28-24/h3-7,10,15-17,22-23,27,30-31H,8-9,11-14,18H2,1-2H3. The van der Waals surface area contributed by atoms with Crippen molar-refractivity contribution in [3.05, 3.63) is 71.7 Å². The summed E-state index contributed by atoms with van der Waals surface area (Å²) in [5.41, 5.74) is 11.0. The van der Waals surface area contributed by atoms with Crippen molar-refractivity contribution >= 4 is 17.6 Å². The first-order chi connectivity index (χ1) is 17.6. The van der Waals surface area contributed by atoms with E-state index in [1.165, 1.54) is 16.7 Å². The molecule has 4 aliphatic heterocycles. The average molecular weight is 487 g/mol. The molecule has 1 aromatic heterocycles. The molecule has 2 saturated heterocycles. The smallest absolute Gasteiger partial charge is 0.223 e. The molecule has 0 bridgehead atoms. The Balaban J connectivity index is 1.02. The number of piperazine rings is 1. The van der Waals surface area contributed by atoms with E-state index in [-0.39, 0.29) is 24.2 Å². The molecular weight excluding hydrogens is 452 g/mol. The third kappa shape index (κ3) is 4.28. The predicted molar refractivity (Wildman–Crippen MR) is 140 cm³/mol. The van der Waals surface area contributed by atoms with Crippen LogP contribution in [-0.2, 0) is 4.79 Å². The van der Waals surface area contributed by atoms with Gasteiger partial charge < -0.3 is 19.7 Å². The number of carbonyl (C=O) groups excluding carboxylic acids is 1. The molecule has 0 spiro atoms. The molecule has 0 saturated carbocycles. The van der Waals surface area contributed by atoms with Gasteiger partial charge in [-0.15, -0.1) is 0 Å². The van der Waals surface area contributed by atoms with Gasteiger partial charge in [0.2, 0.25) is 5.91 Å². The second kappa shape index (κ2) is 9.46. The number of hydrogen-bond donors (Lipinski definition) is 2. The lowest BCUT2D eigenvalue weighted by atomic mass is 9.97. The molecule has 36 heavy (non-hydrogen) atoms. The fourth-order valence-corrected chi connectivity index (χ4v) is 5.61. The van der Waals surface area contributed by atoms with E-state index in [4.69, 9.17) is 0 Å². The van der Waals surface area contributed by atoms with Gasteiger partial charge in [0.05, 0.1) is 12.1 Å². The Morgan fingerprint density at radius 1 is 1.06 bits per heavy atom. The maximum Gasteiger partial charge on any atom is 0.223 e. The summed E-state index contributed by atoms with van der Waals surface area (Å²) in [6, 6.07) is 13.2. The molecule has 6 rings (SSSR count). The number of nitrogens with zero attached hydrogens (tertiary/aromatic N) is 6. The summed E-state index contributed by atoms with van der Waals surface area (Å²) in [6.45, 7) is 7.41. The van der Waals surface area contributed by atoms with Crippen LogP contribution in [0.4, 0.5) is 5.82 Å². The fraction of sp³-hybridized carbons (Fsp3) is 0.444. The van der Waals surface area contributed by atoms with E-state index in [2.05, 4.69) is 80.2 Å². The van der Waals surface area contributed by atoms with Crippen LogP contribution < -0.4 is 15.8 Å². The average Bonchev–Trinajstić information content (AvgIpc) is 3.53. The highest BCUT2D eigenvalue weighted by Crippen LogP contribution is 2.34. The lowest BCUT2D eigenvalue weighted by Crippen LogP contribution is -2.54. The van der Waals surface area contributed by atoms with E-state index in [1.807, 2.05) is 29.3 Å². The molecular formula is C27H34N8O. The van der Waals surface area contributed by atoms with Gasteiger partial charge in [0.1, 0.15) is 17.8 Å². The number of benzene rings is 1. The monoisotopic (exact) mass is 486 g/mol. The summed E-state index contributed by atoms with van der Waals surface area (Å²) in [6.07, 6.45) is 8.16. The molecule has 2 N–H and O–H groups in total. The van der Waals surface area contributed by atoms with Gasteiger partial charge >= 0.3 is 0 Å². The van der Waals surface area contributed by atoms with Crippen molar-refractivity contribution in [1.82, 2.24) is 30.6 Å². The first kappa shape index (κ1) is 22.8. The first-order valence-electron chi connectivity index (χ1n) is 12.9. The second-order valence-electron chi connectivity index (χ2n) is 10.1. The van der Waals surface area contributed by atoms with Gasteiger partial charge in [-0.2, -0.15) is 5.10 Å². The minimum absolute atomic E-state index is 0.0751. The number of anilines is 1. The van der Waals surface area contributed by atoms with Crippen molar-refractivity contribution in [2.24, 2.45) is 5.10 Å². The number of aryl methyl sites for hydroxylation is 2. The van der Waals surface area contributed by atoms with Crippen molar-refractivity contribution in [2.75, 3.05) is 31.1 Å². The Hall–Kier alpha value is -3.59. The number of pyridine rings is 1. The first-order valence-corrected chi connectivity index (χ1v) is 12.9. The Morgan fingerprint density at radius 3 is 2.69 bits per heavy atom. The normalized spacial score (nSPS) is 24.9. The number of hydrazine groups is 1. The molecule has 2 aromatic rings. The summed E-state index contributed by atoms with van der Waals surface area (Å²) in [7, 11) is 0. The summed E-state index contributed by atoms with van der Waals surface area (Å²) >= 11 is 0. The van der Waals surface area contributed by atoms with E-state index in [9.17, 15) is 4.79 Å². The van der Waals surface area contributed by atoms with Gasteiger partial charge in [-0.3, -0.25) is 10.2 Å². The molecule has 0 radical (unpaired) electrons. The Labute approximate surface area is 212 Å². The van der Waals surface area contributed by atoms with Crippen LogP contribution in [0.2, 0.25) is 0 Å². The van der Waals surface area contributed by atoms with Gasteiger partial charge in [-0.25, -0.2) is 10.4 Å². The number of carbonyl (C=O) groups is 1. The van der Waals surface area contributed by atoms with Crippen molar-refractivity contribution in [1.29, 1.82) is 0 Å². The largest absolute Gasteiger partial charge is 0.353 e. The van der Waals surface area contributed by atoms with Gasteiger partial charge in [-0.05, 0) is 49.1 Å². The van der Waals surface area contributed by atoms with Crippen molar-refractivity contribution < 1.29 is 4.79 Å². The minimum Gasteiger partial charge on any atom is -0.353 e. The fourth-order valence-electron chi connectivity index (χ4n) is 5.61.